The molecule has 0 aromatic carbocycles. The van der Waals surface area contributed by atoms with Crippen molar-refractivity contribution in [1.29, 1.82) is 0 Å². The fourth-order valence-electron chi connectivity index (χ4n) is 3.74. The van der Waals surface area contributed by atoms with E-state index >= 15 is 0 Å². The molecular formula is C21H42O3. The van der Waals surface area contributed by atoms with E-state index in [2.05, 4.69) is 41.5 Å². The van der Waals surface area contributed by atoms with Crippen LogP contribution in [0, 0.1) is 11.8 Å². The summed E-state index contributed by atoms with van der Waals surface area (Å²) in [5.41, 5.74) is 0. The van der Waals surface area contributed by atoms with Gasteiger partial charge in [0.2, 0.25) is 0 Å². The van der Waals surface area contributed by atoms with Gasteiger partial charge in [-0.05, 0) is 47.5 Å². The van der Waals surface area contributed by atoms with Gasteiger partial charge in [0.1, 0.15) is 0 Å². The average Bonchev–Trinajstić information content (AvgIpc) is 2.41. The Morgan fingerprint density at radius 1 is 0.917 bits per heavy atom. The second-order valence-corrected chi connectivity index (χ2v) is 8.24. The molecule has 1 aliphatic heterocycles. The largest absolute Gasteiger partial charge is 0.381 e. The van der Waals surface area contributed by atoms with E-state index in [0.717, 1.165) is 19.6 Å². The molecule has 1 aliphatic rings. The zero-order valence-electron chi connectivity index (χ0n) is 17.1. The van der Waals surface area contributed by atoms with Gasteiger partial charge in [-0.2, -0.15) is 0 Å². The number of rotatable bonds is 14. The quantitative estimate of drug-likeness (QED) is 0.288. The summed E-state index contributed by atoms with van der Waals surface area (Å²) in [5, 5.41) is 0. The second kappa shape index (κ2) is 11.5. The maximum atomic E-state index is 6.31. The van der Waals surface area contributed by atoms with Crippen LogP contribution in [0.25, 0.3) is 0 Å². The molecule has 0 saturated carbocycles. The Morgan fingerprint density at radius 3 is 1.92 bits per heavy atom. The molecule has 0 bridgehead atoms. The van der Waals surface area contributed by atoms with E-state index in [9.17, 15) is 0 Å². The van der Waals surface area contributed by atoms with Gasteiger partial charge in [0.25, 0.3) is 0 Å². The molecular weight excluding hydrogens is 300 g/mol. The lowest BCUT2D eigenvalue weighted by Gasteiger charge is -2.42. The van der Waals surface area contributed by atoms with Crippen molar-refractivity contribution in [2.45, 2.75) is 111 Å². The first-order chi connectivity index (χ1) is 11.4. The Morgan fingerprint density at radius 2 is 1.46 bits per heavy atom. The molecule has 0 N–H and O–H groups in total. The molecule has 1 heterocycles. The van der Waals surface area contributed by atoms with Crippen LogP contribution in [-0.4, -0.2) is 31.2 Å². The molecule has 1 saturated heterocycles. The van der Waals surface area contributed by atoms with Crippen molar-refractivity contribution < 1.29 is 14.2 Å². The standard InChI is InChI=1S/C21H42O3/c1-7-8-9-10-11-12-13-20(14-19-15-22-16-19)21(6,23-17(2)3)24-18(4)5/h17-20H,7-16H2,1-6H3. The van der Waals surface area contributed by atoms with Crippen LogP contribution >= 0.6 is 0 Å². The van der Waals surface area contributed by atoms with E-state index in [0.29, 0.717) is 11.8 Å². The predicted molar refractivity (Wildman–Crippen MR) is 101 cm³/mol. The van der Waals surface area contributed by atoms with Crippen LogP contribution in [0.3, 0.4) is 0 Å². The minimum Gasteiger partial charge on any atom is -0.381 e. The van der Waals surface area contributed by atoms with Gasteiger partial charge in [0, 0.05) is 11.8 Å². The lowest BCUT2D eigenvalue weighted by molar-refractivity contribution is -0.291. The van der Waals surface area contributed by atoms with Gasteiger partial charge in [0.05, 0.1) is 25.4 Å². The zero-order chi connectivity index (χ0) is 18.0. The summed E-state index contributed by atoms with van der Waals surface area (Å²) in [6, 6.07) is 0. The summed E-state index contributed by atoms with van der Waals surface area (Å²) in [6.45, 7) is 14.7. The topological polar surface area (TPSA) is 27.7 Å². The molecule has 24 heavy (non-hydrogen) atoms. The Labute approximate surface area is 150 Å². The third kappa shape index (κ3) is 8.31. The van der Waals surface area contributed by atoms with E-state index in [1.165, 1.54) is 44.9 Å². The predicted octanol–water partition coefficient (Wildman–Crippen LogP) is 5.96. The van der Waals surface area contributed by atoms with Crippen molar-refractivity contribution in [1.82, 2.24) is 0 Å². The molecule has 3 nitrogen and oxygen atoms in total. The van der Waals surface area contributed by atoms with Gasteiger partial charge in [-0.3, -0.25) is 0 Å². The summed E-state index contributed by atoms with van der Waals surface area (Å²) in [4.78, 5) is 0. The third-order valence-electron chi connectivity index (χ3n) is 4.91. The number of ether oxygens (including phenoxy) is 3. The lowest BCUT2D eigenvalue weighted by Crippen LogP contribution is -2.46. The minimum absolute atomic E-state index is 0.179. The van der Waals surface area contributed by atoms with E-state index in [-0.39, 0.29) is 12.2 Å². The van der Waals surface area contributed by atoms with Gasteiger partial charge >= 0.3 is 0 Å². The number of hydrogen-bond donors (Lipinski definition) is 0. The van der Waals surface area contributed by atoms with Crippen molar-refractivity contribution in [3.8, 4) is 0 Å². The van der Waals surface area contributed by atoms with Gasteiger partial charge in [-0.1, -0.05) is 45.4 Å². The van der Waals surface area contributed by atoms with Crippen molar-refractivity contribution >= 4 is 0 Å². The minimum atomic E-state index is -0.485. The molecule has 0 radical (unpaired) electrons. The van der Waals surface area contributed by atoms with Gasteiger partial charge in [-0.15, -0.1) is 0 Å². The van der Waals surface area contributed by atoms with E-state index in [1.54, 1.807) is 0 Å². The van der Waals surface area contributed by atoms with Crippen LogP contribution in [0.2, 0.25) is 0 Å². The van der Waals surface area contributed by atoms with Gasteiger partial charge in [-0.25, -0.2) is 0 Å². The molecule has 1 atom stereocenters. The summed E-state index contributed by atoms with van der Waals surface area (Å²) >= 11 is 0. The summed E-state index contributed by atoms with van der Waals surface area (Å²) < 4.78 is 18.0. The van der Waals surface area contributed by atoms with Crippen molar-refractivity contribution in [3.05, 3.63) is 0 Å². The van der Waals surface area contributed by atoms with Crippen LogP contribution in [0.15, 0.2) is 0 Å². The number of hydrogen-bond acceptors (Lipinski definition) is 3. The highest BCUT2D eigenvalue weighted by Gasteiger charge is 2.40. The Hall–Kier alpha value is -0.120. The molecule has 0 aromatic heterocycles. The first-order valence-electron chi connectivity index (χ1n) is 10.3. The van der Waals surface area contributed by atoms with Crippen molar-refractivity contribution in [3.63, 3.8) is 0 Å². The molecule has 0 amide bonds. The number of unbranched alkanes of at least 4 members (excludes halogenated alkanes) is 5. The maximum absolute atomic E-state index is 6.31. The molecule has 1 rings (SSSR count). The first kappa shape index (κ1) is 21.9. The van der Waals surface area contributed by atoms with Crippen molar-refractivity contribution in [2.24, 2.45) is 11.8 Å². The highest BCUT2D eigenvalue weighted by Crippen LogP contribution is 2.37. The fraction of sp³-hybridized carbons (Fsp3) is 1.00. The Bertz CT molecular complexity index is 300. The highest BCUT2D eigenvalue weighted by atomic mass is 16.7. The van der Waals surface area contributed by atoms with Crippen LogP contribution in [0.4, 0.5) is 0 Å². The maximum Gasteiger partial charge on any atom is 0.168 e. The SMILES string of the molecule is CCCCCCCCC(CC1COC1)C(C)(OC(C)C)OC(C)C. The van der Waals surface area contributed by atoms with Crippen LogP contribution in [-0.2, 0) is 14.2 Å². The smallest absolute Gasteiger partial charge is 0.168 e. The Balaban J connectivity index is 2.60. The molecule has 3 heteroatoms. The summed E-state index contributed by atoms with van der Waals surface area (Å²) in [7, 11) is 0. The molecule has 0 aliphatic carbocycles. The van der Waals surface area contributed by atoms with Crippen LogP contribution in [0.1, 0.15) is 92.9 Å². The van der Waals surface area contributed by atoms with E-state index in [4.69, 9.17) is 14.2 Å². The van der Waals surface area contributed by atoms with Crippen molar-refractivity contribution in [2.75, 3.05) is 13.2 Å². The summed E-state index contributed by atoms with van der Waals surface area (Å²) in [5.74, 6) is 0.643. The fourth-order valence-corrected chi connectivity index (χ4v) is 3.74. The zero-order valence-corrected chi connectivity index (χ0v) is 17.1. The van der Waals surface area contributed by atoms with E-state index < -0.39 is 5.79 Å². The second-order valence-electron chi connectivity index (χ2n) is 8.24. The highest BCUT2D eigenvalue weighted by molar-refractivity contribution is 4.82. The summed E-state index contributed by atoms with van der Waals surface area (Å²) in [6.07, 6.45) is 10.7. The average molecular weight is 343 g/mol. The molecule has 1 unspecified atom stereocenters. The molecule has 0 spiro atoms. The molecule has 144 valence electrons. The van der Waals surface area contributed by atoms with E-state index in [1.807, 2.05) is 0 Å². The monoisotopic (exact) mass is 342 g/mol. The molecule has 1 fully saturated rings. The lowest BCUT2D eigenvalue weighted by atomic mass is 9.83. The van der Waals surface area contributed by atoms with Crippen LogP contribution in [0.5, 0.6) is 0 Å². The normalized spacial score (nSPS) is 17.5. The first-order valence-corrected chi connectivity index (χ1v) is 10.3. The van der Waals surface area contributed by atoms with Gasteiger partial charge < -0.3 is 14.2 Å². The van der Waals surface area contributed by atoms with Crippen LogP contribution < -0.4 is 0 Å². The molecule has 0 aromatic rings. The van der Waals surface area contributed by atoms with Gasteiger partial charge in [0.15, 0.2) is 5.79 Å². The Kier molecular flexibility index (Phi) is 10.5. The third-order valence-corrected chi connectivity index (χ3v) is 4.91.